The van der Waals surface area contributed by atoms with E-state index in [1.807, 2.05) is 30.5 Å². The summed E-state index contributed by atoms with van der Waals surface area (Å²) < 4.78 is 10.1. The Morgan fingerprint density at radius 2 is 1.76 bits per heavy atom. The first-order chi connectivity index (χ1) is 14.0. The monoisotopic (exact) mass is 395 g/mol. The lowest BCUT2D eigenvalue weighted by atomic mass is 10.1. The number of H-pyrrole nitrogens is 1. The van der Waals surface area contributed by atoms with E-state index in [0.717, 1.165) is 16.5 Å². The van der Waals surface area contributed by atoms with Gasteiger partial charge in [0.05, 0.1) is 5.56 Å². The van der Waals surface area contributed by atoms with Crippen molar-refractivity contribution < 1.29 is 23.9 Å². The Balaban J connectivity index is 1.40. The maximum atomic E-state index is 12.0. The summed E-state index contributed by atoms with van der Waals surface area (Å²) in [6.45, 7) is -0.181. The Morgan fingerprint density at radius 1 is 1.00 bits per heavy atom. The fraction of sp³-hybridized carbons (Fsp3) is 0.190. The van der Waals surface area contributed by atoms with Crippen LogP contribution in [0.25, 0.3) is 10.9 Å². The zero-order chi connectivity index (χ0) is 20.6. The fourth-order valence-corrected chi connectivity index (χ4v) is 2.78. The van der Waals surface area contributed by atoms with Crippen molar-refractivity contribution >= 4 is 28.7 Å². The van der Waals surface area contributed by atoms with Gasteiger partial charge >= 0.3 is 5.97 Å². The third-order valence-corrected chi connectivity index (χ3v) is 4.20. The molecule has 0 aliphatic rings. The Kier molecular flexibility index (Phi) is 6.47. The number of benzene rings is 2. The van der Waals surface area contributed by atoms with E-state index in [1.165, 1.54) is 24.3 Å². The predicted octanol–water partition coefficient (Wildman–Crippen LogP) is 1.55. The van der Waals surface area contributed by atoms with E-state index in [0.29, 0.717) is 18.7 Å². The third kappa shape index (κ3) is 5.58. The second-order valence-corrected chi connectivity index (χ2v) is 6.31. The van der Waals surface area contributed by atoms with Gasteiger partial charge in [0.1, 0.15) is 5.75 Å². The fourth-order valence-electron chi connectivity index (χ4n) is 2.78. The van der Waals surface area contributed by atoms with Crippen LogP contribution in [0.1, 0.15) is 15.9 Å². The van der Waals surface area contributed by atoms with Gasteiger partial charge in [-0.15, -0.1) is 0 Å². The summed E-state index contributed by atoms with van der Waals surface area (Å²) in [6, 6.07) is 13.9. The first-order valence-corrected chi connectivity index (χ1v) is 9.03. The molecular formula is C21H21N3O5. The number of aromatic nitrogens is 1. The molecule has 8 heteroatoms. The Labute approximate surface area is 167 Å². The molecule has 0 unspecified atom stereocenters. The van der Waals surface area contributed by atoms with Gasteiger partial charge in [0.2, 0.25) is 0 Å². The number of primary amides is 1. The number of ether oxygens (including phenoxy) is 2. The molecule has 4 N–H and O–H groups in total. The van der Waals surface area contributed by atoms with Crippen molar-refractivity contribution in [2.75, 3.05) is 19.8 Å². The molecule has 29 heavy (non-hydrogen) atoms. The lowest BCUT2D eigenvalue weighted by Crippen LogP contribution is -2.30. The highest BCUT2D eigenvalue weighted by atomic mass is 16.5. The van der Waals surface area contributed by atoms with Crippen molar-refractivity contribution in [3.05, 3.63) is 65.9 Å². The molecule has 0 spiro atoms. The summed E-state index contributed by atoms with van der Waals surface area (Å²) >= 11 is 0. The Morgan fingerprint density at radius 3 is 2.52 bits per heavy atom. The largest absolute Gasteiger partial charge is 0.484 e. The maximum absolute atomic E-state index is 12.0. The van der Waals surface area contributed by atoms with Crippen molar-refractivity contribution in [2.24, 2.45) is 5.73 Å². The summed E-state index contributed by atoms with van der Waals surface area (Å²) in [5, 5.41) is 3.86. The molecule has 3 rings (SSSR count). The van der Waals surface area contributed by atoms with Crippen molar-refractivity contribution in [3.63, 3.8) is 0 Å². The molecule has 2 aromatic carbocycles. The number of nitrogens with two attached hydrogens (primary N) is 1. The first-order valence-electron chi connectivity index (χ1n) is 9.03. The van der Waals surface area contributed by atoms with Gasteiger partial charge in [0, 0.05) is 23.6 Å². The molecule has 3 aromatic rings. The number of hydrogen-bond donors (Lipinski definition) is 3. The molecule has 0 aliphatic carbocycles. The average Bonchev–Trinajstić information content (AvgIpc) is 3.14. The highest BCUT2D eigenvalue weighted by Crippen LogP contribution is 2.17. The van der Waals surface area contributed by atoms with E-state index in [-0.39, 0.29) is 24.7 Å². The molecule has 0 radical (unpaired) electrons. The minimum atomic E-state index is -0.627. The number of aromatic amines is 1. The van der Waals surface area contributed by atoms with Gasteiger partial charge in [-0.05, 0) is 42.3 Å². The number of fused-ring (bicyclic) bond motifs is 1. The first kappa shape index (κ1) is 19.9. The van der Waals surface area contributed by atoms with Crippen LogP contribution in [-0.4, -0.2) is 42.5 Å². The molecule has 2 amide bonds. The minimum absolute atomic E-state index is 0.248. The van der Waals surface area contributed by atoms with Gasteiger partial charge in [0.25, 0.3) is 11.8 Å². The summed E-state index contributed by atoms with van der Waals surface area (Å²) in [7, 11) is 0. The van der Waals surface area contributed by atoms with Gasteiger partial charge in [-0.1, -0.05) is 18.2 Å². The summed E-state index contributed by atoms with van der Waals surface area (Å²) in [5.41, 5.74) is 7.42. The summed E-state index contributed by atoms with van der Waals surface area (Å²) in [4.78, 5) is 37.8. The second kappa shape index (κ2) is 9.41. The number of rotatable bonds is 9. The number of para-hydroxylation sites is 1. The van der Waals surface area contributed by atoms with Gasteiger partial charge in [-0.2, -0.15) is 0 Å². The lowest BCUT2D eigenvalue weighted by Gasteiger charge is -2.07. The van der Waals surface area contributed by atoms with E-state index in [1.54, 1.807) is 0 Å². The number of carbonyl (C=O) groups excluding carboxylic acids is 3. The Hall–Kier alpha value is -3.81. The summed E-state index contributed by atoms with van der Waals surface area (Å²) in [5.74, 6) is -1.20. The van der Waals surface area contributed by atoms with Crippen molar-refractivity contribution in [1.29, 1.82) is 0 Å². The standard InChI is InChI=1S/C21H21N3O5/c22-19(25)12-28-16-7-5-14(6-8-16)21(27)29-13-20(26)23-10-9-15-11-24-18-4-2-1-3-17(15)18/h1-8,11,24H,9-10,12-13H2,(H2,22,25)(H,23,26). The third-order valence-electron chi connectivity index (χ3n) is 4.20. The van der Waals surface area contributed by atoms with Crippen molar-refractivity contribution in [1.82, 2.24) is 10.3 Å². The van der Waals surface area contributed by atoms with Gasteiger partial charge in [0.15, 0.2) is 13.2 Å². The van der Waals surface area contributed by atoms with Crippen LogP contribution in [0.4, 0.5) is 0 Å². The van der Waals surface area contributed by atoms with E-state index in [9.17, 15) is 14.4 Å². The Bertz CT molecular complexity index is 1010. The molecule has 1 heterocycles. The molecular weight excluding hydrogens is 374 g/mol. The van der Waals surface area contributed by atoms with Crippen molar-refractivity contribution in [3.8, 4) is 5.75 Å². The van der Waals surface area contributed by atoms with Gasteiger partial charge in [-0.25, -0.2) is 4.79 Å². The smallest absolute Gasteiger partial charge is 0.338 e. The number of nitrogens with one attached hydrogen (secondary N) is 2. The van der Waals surface area contributed by atoms with E-state index in [4.69, 9.17) is 15.2 Å². The van der Waals surface area contributed by atoms with Crippen LogP contribution in [0.15, 0.2) is 54.7 Å². The molecule has 0 saturated heterocycles. The highest BCUT2D eigenvalue weighted by Gasteiger charge is 2.11. The molecule has 0 bridgehead atoms. The number of amides is 2. The SMILES string of the molecule is NC(=O)COc1ccc(C(=O)OCC(=O)NCCc2c[nH]c3ccccc23)cc1. The maximum Gasteiger partial charge on any atom is 0.338 e. The molecule has 0 aliphatic heterocycles. The van der Waals surface area contributed by atoms with Crippen LogP contribution in [-0.2, 0) is 20.7 Å². The highest BCUT2D eigenvalue weighted by molar-refractivity contribution is 5.91. The molecule has 0 atom stereocenters. The average molecular weight is 395 g/mol. The van der Waals surface area contributed by atoms with E-state index < -0.39 is 11.9 Å². The van der Waals surface area contributed by atoms with Crippen molar-refractivity contribution in [2.45, 2.75) is 6.42 Å². The normalized spacial score (nSPS) is 10.5. The lowest BCUT2D eigenvalue weighted by molar-refractivity contribution is -0.124. The van der Waals surface area contributed by atoms with Crippen LogP contribution in [0.2, 0.25) is 0 Å². The molecule has 0 saturated carbocycles. The molecule has 0 fully saturated rings. The molecule has 150 valence electrons. The van der Waals surface area contributed by atoms with Crippen LogP contribution in [0.5, 0.6) is 5.75 Å². The predicted molar refractivity (Wildman–Crippen MR) is 106 cm³/mol. The van der Waals surface area contributed by atoms with E-state index >= 15 is 0 Å². The zero-order valence-corrected chi connectivity index (χ0v) is 15.6. The van der Waals surface area contributed by atoms with Gasteiger partial charge in [-0.3, -0.25) is 9.59 Å². The number of esters is 1. The topological polar surface area (TPSA) is 124 Å². The number of carbonyl (C=O) groups is 3. The van der Waals surface area contributed by atoms with Crippen LogP contribution < -0.4 is 15.8 Å². The van der Waals surface area contributed by atoms with Crippen LogP contribution in [0.3, 0.4) is 0 Å². The van der Waals surface area contributed by atoms with Crippen LogP contribution in [0, 0.1) is 0 Å². The quantitative estimate of drug-likeness (QED) is 0.474. The van der Waals surface area contributed by atoms with Gasteiger partial charge < -0.3 is 25.5 Å². The van der Waals surface area contributed by atoms with Crippen LogP contribution >= 0.6 is 0 Å². The zero-order valence-electron chi connectivity index (χ0n) is 15.6. The molecule has 1 aromatic heterocycles. The molecule has 8 nitrogen and oxygen atoms in total. The summed E-state index contributed by atoms with van der Waals surface area (Å²) in [6.07, 6.45) is 2.59. The second-order valence-electron chi connectivity index (χ2n) is 6.31. The minimum Gasteiger partial charge on any atom is -0.484 e. The van der Waals surface area contributed by atoms with E-state index in [2.05, 4.69) is 10.3 Å². The number of hydrogen-bond acceptors (Lipinski definition) is 5.